The van der Waals surface area contributed by atoms with Crippen LogP contribution in [0.15, 0.2) is 72.8 Å². The van der Waals surface area contributed by atoms with E-state index in [1.165, 1.54) is 31.2 Å². The van der Waals surface area contributed by atoms with Crippen LogP contribution in [0.2, 0.25) is 0 Å². The van der Waals surface area contributed by atoms with Crippen molar-refractivity contribution < 1.29 is 23.0 Å². The van der Waals surface area contributed by atoms with E-state index in [2.05, 4.69) is 6.58 Å². The van der Waals surface area contributed by atoms with Crippen molar-refractivity contribution in [1.82, 2.24) is 0 Å². The van der Waals surface area contributed by atoms with Crippen molar-refractivity contribution in [2.45, 2.75) is 27.7 Å². The van der Waals surface area contributed by atoms with Gasteiger partial charge in [0, 0.05) is 22.1 Å². The van der Waals surface area contributed by atoms with Crippen LogP contribution in [-0.2, 0) is 4.79 Å². The molecule has 170 valence electrons. The highest BCUT2D eigenvalue weighted by atomic mass is 19.2. The summed E-state index contributed by atoms with van der Waals surface area (Å²) in [5.74, 6) is -1.67. The van der Waals surface area contributed by atoms with Crippen molar-refractivity contribution in [2.24, 2.45) is 5.41 Å². The molecule has 3 aromatic carbocycles. The van der Waals surface area contributed by atoms with E-state index in [1.54, 1.807) is 36.4 Å². The summed E-state index contributed by atoms with van der Waals surface area (Å²) < 4.78 is 40.5. The van der Waals surface area contributed by atoms with E-state index < -0.39 is 23.0 Å². The van der Waals surface area contributed by atoms with Gasteiger partial charge >= 0.3 is 5.97 Å². The van der Waals surface area contributed by atoms with Gasteiger partial charge in [0.2, 0.25) is 0 Å². The van der Waals surface area contributed by atoms with Gasteiger partial charge in [-0.1, -0.05) is 63.7 Å². The molecule has 1 N–H and O–H groups in total. The molecule has 0 radical (unpaired) electrons. The first kappa shape index (κ1) is 23.9. The second-order valence-corrected chi connectivity index (χ2v) is 8.69. The topological polar surface area (TPSA) is 59.4 Å². The fourth-order valence-electron chi connectivity index (χ4n) is 2.87. The lowest BCUT2D eigenvalue weighted by atomic mass is 9.97. The maximum atomic E-state index is 14.9. The fraction of sp³-hybridized carbons (Fsp3) is 0.185. The number of ether oxygens (including phenoxy) is 2. The first-order valence-electron chi connectivity index (χ1n) is 10.3. The van der Waals surface area contributed by atoms with Gasteiger partial charge in [0.1, 0.15) is 11.5 Å². The zero-order chi connectivity index (χ0) is 24.3. The lowest BCUT2D eigenvalue weighted by Crippen LogP contribution is -2.24. The summed E-state index contributed by atoms with van der Waals surface area (Å²) in [6.07, 6.45) is 0. The van der Waals surface area contributed by atoms with E-state index in [0.717, 1.165) is 0 Å². The molecule has 0 fully saturated rings. The second kappa shape index (κ2) is 9.36. The molecule has 3 rings (SSSR count). The van der Waals surface area contributed by atoms with Crippen molar-refractivity contribution in [1.29, 1.82) is 5.41 Å². The summed E-state index contributed by atoms with van der Waals surface area (Å²) >= 11 is 0. The quantitative estimate of drug-likeness (QED) is 0.148. The van der Waals surface area contributed by atoms with Crippen LogP contribution in [0, 0.1) is 22.5 Å². The standard InChI is InChI=1S/C27H25F2NO3/c1-16(2)25(31)32-19-10-6-17(7-11-19)21-14-15-22(24(29)23(21)28)18-8-12-20(13-9-18)33-26(30)27(3,4)5/h6-15,30H,1H2,2-5H3. The zero-order valence-corrected chi connectivity index (χ0v) is 19.0. The minimum absolute atomic E-state index is 0.0904. The third kappa shape index (κ3) is 5.52. The molecule has 0 heterocycles. The highest BCUT2D eigenvalue weighted by Crippen LogP contribution is 2.33. The summed E-state index contributed by atoms with van der Waals surface area (Å²) in [5, 5.41) is 7.97. The first-order chi connectivity index (χ1) is 15.5. The number of halogens is 2. The Hall–Kier alpha value is -3.80. The largest absolute Gasteiger partial charge is 0.443 e. The Balaban J connectivity index is 1.82. The Kier molecular flexibility index (Phi) is 6.77. The summed E-state index contributed by atoms with van der Waals surface area (Å²) in [4.78, 5) is 11.6. The van der Waals surface area contributed by atoms with Crippen LogP contribution in [0.25, 0.3) is 22.3 Å². The van der Waals surface area contributed by atoms with Crippen LogP contribution in [0.1, 0.15) is 27.7 Å². The van der Waals surface area contributed by atoms with E-state index in [0.29, 0.717) is 16.9 Å². The summed E-state index contributed by atoms with van der Waals surface area (Å²) in [6, 6.07) is 15.6. The molecule has 0 aromatic heterocycles. The number of rotatable bonds is 5. The molecule has 6 heteroatoms. The Morgan fingerprint density at radius 2 is 1.18 bits per heavy atom. The minimum atomic E-state index is -0.978. The van der Waals surface area contributed by atoms with Crippen molar-refractivity contribution >= 4 is 11.9 Å². The van der Waals surface area contributed by atoms with Crippen LogP contribution in [0.3, 0.4) is 0 Å². The van der Waals surface area contributed by atoms with Gasteiger partial charge in [0.25, 0.3) is 0 Å². The molecule has 3 aromatic rings. The predicted octanol–water partition coefficient (Wildman–Crippen LogP) is 7.18. The van der Waals surface area contributed by atoms with Gasteiger partial charge in [-0.25, -0.2) is 13.6 Å². The Morgan fingerprint density at radius 1 is 0.788 bits per heavy atom. The minimum Gasteiger partial charge on any atom is -0.443 e. The van der Waals surface area contributed by atoms with Gasteiger partial charge in [-0.05, 0) is 42.3 Å². The summed E-state index contributed by atoms with van der Waals surface area (Å²) in [6.45, 7) is 10.7. The van der Waals surface area contributed by atoms with E-state index in [-0.39, 0.29) is 28.3 Å². The van der Waals surface area contributed by atoms with E-state index in [4.69, 9.17) is 14.9 Å². The van der Waals surface area contributed by atoms with Crippen LogP contribution < -0.4 is 9.47 Å². The van der Waals surface area contributed by atoms with Gasteiger partial charge < -0.3 is 9.47 Å². The van der Waals surface area contributed by atoms with E-state index in [1.807, 2.05) is 20.8 Å². The van der Waals surface area contributed by atoms with Crippen molar-refractivity contribution in [3.05, 3.63) is 84.5 Å². The molecule has 0 atom stereocenters. The lowest BCUT2D eigenvalue weighted by molar-refractivity contribution is -0.130. The molecule has 0 aliphatic carbocycles. The van der Waals surface area contributed by atoms with Crippen LogP contribution >= 0.6 is 0 Å². The van der Waals surface area contributed by atoms with Gasteiger partial charge in [0.05, 0.1) is 0 Å². The number of hydrogen-bond donors (Lipinski definition) is 1. The van der Waals surface area contributed by atoms with Gasteiger partial charge in [-0.15, -0.1) is 0 Å². The number of carbonyl (C=O) groups is 1. The normalized spacial score (nSPS) is 11.1. The third-order valence-electron chi connectivity index (χ3n) is 4.87. The van der Waals surface area contributed by atoms with Crippen molar-refractivity contribution in [3.8, 4) is 33.8 Å². The van der Waals surface area contributed by atoms with Crippen molar-refractivity contribution in [2.75, 3.05) is 0 Å². The van der Waals surface area contributed by atoms with Crippen LogP contribution in [-0.4, -0.2) is 11.9 Å². The highest BCUT2D eigenvalue weighted by Gasteiger charge is 2.20. The molecular weight excluding hydrogens is 424 g/mol. The maximum Gasteiger partial charge on any atom is 0.338 e. The molecule has 0 aliphatic heterocycles. The zero-order valence-electron chi connectivity index (χ0n) is 19.0. The molecule has 0 amide bonds. The smallest absolute Gasteiger partial charge is 0.338 e. The average molecular weight is 449 g/mol. The van der Waals surface area contributed by atoms with E-state index in [9.17, 15) is 13.6 Å². The van der Waals surface area contributed by atoms with E-state index >= 15 is 0 Å². The SMILES string of the molecule is C=C(C)C(=O)Oc1ccc(-c2ccc(-c3ccc(OC(=N)C(C)(C)C)cc3)c(F)c2F)cc1. The van der Waals surface area contributed by atoms with Crippen LogP contribution in [0.4, 0.5) is 8.78 Å². The molecule has 33 heavy (non-hydrogen) atoms. The summed E-state index contributed by atoms with van der Waals surface area (Å²) in [7, 11) is 0. The molecule has 0 unspecified atom stereocenters. The lowest BCUT2D eigenvalue weighted by Gasteiger charge is -2.19. The third-order valence-corrected chi connectivity index (χ3v) is 4.87. The maximum absolute atomic E-state index is 14.9. The van der Waals surface area contributed by atoms with Gasteiger partial charge in [-0.2, -0.15) is 0 Å². The van der Waals surface area contributed by atoms with Crippen LogP contribution in [0.5, 0.6) is 11.5 Å². The number of carbonyl (C=O) groups excluding carboxylic acids is 1. The van der Waals surface area contributed by atoms with Gasteiger partial charge in [0.15, 0.2) is 17.5 Å². The Bertz CT molecular complexity index is 1210. The molecule has 0 bridgehead atoms. The molecule has 0 spiro atoms. The second-order valence-electron chi connectivity index (χ2n) is 8.69. The first-order valence-corrected chi connectivity index (χ1v) is 10.3. The monoisotopic (exact) mass is 449 g/mol. The highest BCUT2D eigenvalue weighted by molar-refractivity contribution is 5.88. The number of hydrogen-bond acceptors (Lipinski definition) is 4. The van der Waals surface area contributed by atoms with Gasteiger partial charge in [-0.3, -0.25) is 5.41 Å². The average Bonchev–Trinajstić information content (AvgIpc) is 2.76. The molecule has 0 saturated heterocycles. The predicted molar refractivity (Wildman–Crippen MR) is 125 cm³/mol. The molecule has 0 aliphatic rings. The number of benzene rings is 3. The fourth-order valence-corrected chi connectivity index (χ4v) is 2.87. The summed E-state index contributed by atoms with van der Waals surface area (Å²) in [5.41, 5.74) is 0.948. The Labute approximate surface area is 192 Å². The Morgan fingerprint density at radius 3 is 1.55 bits per heavy atom. The van der Waals surface area contributed by atoms with Crippen molar-refractivity contribution in [3.63, 3.8) is 0 Å². The number of nitrogens with one attached hydrogen (secondary N) is 1. The number of esters is 1. The molecular formula is C27H25F2NO3. The molecule has 4 nitrogen and oxygen atoms in total. The molecule has 0 saturated carbocycles.